The number of hydrogen-bond acceptors (Lipinski definition) is 3. The van der Waals surface area contributed by atoms with Gasteiger partial charge in [0, 0.05) is 19.1 Å². The van der Waals surface area contributed by atoms with Crippen molar-refractivity contribution in [3.63, 3.8) is 0 Å². The molecular weight excluding hydrogens is 188 g/mol. The van der Waals surface area contributed by atoms with Crippen LogP contribution in [-0.4, -0.2) is 37.6 Å². The van der Waals surface area contributed by atoms with Crippen LogP contribution in [0.4, 0.5) is 0 Å². The van der Waals surface area contributed by atoms with Crippen LogP contribution >= 0.6 is 0 Å². The average Bonchev–Trinajstić information content (AvgIpc) is 2.33. The van der Waals surface area contributed by atoms with Gasteiger partial charge in [-0.05, 0) is 19.3 Å². The van der Waals surface area contributed by atoms with Crippen LogP contribution in [0.25, 0.3) is 0 Å². The predicted octanol–water partition coefficient (Wildman–Crippen LogP) is 0.00520. The SMILES string of the molecule is CC1CCN(S(=O)(=O)CCN)C1C. The van der Waals surface area contributed by atoms with Gasteiger partial charge in [-0.15, -0.1) is 0 Å². The zero-order chi connectivity index (χ0) is 10.1. The lowest BCUT2D eigenvalue weighted by Gasteiger charge is -2.22. The summed E-state index contributed by atoms with van der Waals surface area (Å²) >= 11 is 0. The molecule has 1 rings (SSSR count). The maximum atomic E-state index is 11.6. The first-order valence-corrected chi connectivity index (χ1v) is 6.29. The van der Waals surface area contributed by atoms with E-state index in [1.54, 1.807) is 4.31 Å². The molecular formula is C8H18N2O2S. The summed E-state index contributed by atoms with van der Waals surface area (Å²) in [6.45, 7) is 4.92. The highest BCUT2D eigenvalue weighted by Crippen LogP contribution is 2.25. The zero-order valence-electron chi connectivity index (χ0n) is 8.23. The highest BCUT2D eigenvalue weighted by Gasteiger charge is 2.34. The van der Waals surface area contributed by atoms with Gasteiger partial charge < -0.3 is 5.73 Å². The number of nitrogens with two attached hydrogens (primary N) is 1. The number of rotatable bonds is 3. The van der Waals surface area contributed by atoms with E-state index < -0.39 is 10.0 Å². The van der Waals surface area contributed by atoms with Crippen molar-refractivity contribution >= 4 is 10.0 Å². The van der Waals surface area contributed by atoms with Gasteiger partial charge in [-0.1, -0.05) is 6.92 Å². The molecule has 1 aliphatic rings. The van der Waals surface area contributed by atoms with Crippen LogP contribution in [0.15, 0.2) is 0 Å². The van der Waals surface area contributed by atoms with Crippen LogP contribution in [0.2, 0.25) is 0 Å². The molecule has 78 valence electrons. The van der Waals surface area contributed by atoms with Crippen LogP contribution in [0.5, 0.6) is 0 Å². The van der Waals surface area contributed by atoms with E-state index in [2.05, 4.69) is 6.92 Å². The minimum absolute atomic E-state index is 0.0735. The molecule has 0 amide bonds. The third-order valence-electron chi connectivity index (χ3n) is 2.82. The lowest BCUT2D eigenvalue weighted by atomic mass is 10.1. The van der Waals surface area contributed by atoms with Gasteiger partial charge in [0.15, 0.2) is 0 Å². The molecule has 1 saturated heterocycles. The van der Waals surface area contributed by atoms with Crippen molar-refractivity contribution in [2.75, 3.05) is 18.8 Å². The summed E-state index contributed by atoms with van der Waals surface area (Å²) in [5.74, 6) is 0.539. The topological polar surface area (TPSA) is 63.4 Å². The van der Waals surface area contributed by atoms with Crippen molar-refractivity contribution in [2.24, 2.45) is 11.7 Å². The largest absolute Gasteiger partial charge is 0.329 e. The molecule has 0 bridgehead atoms. The molecule has 0 aromatic heterocycles. The van der Waals surface area contributed by atoms with Gasteiger partial charge in [-0.25, -0.2) is 8.42 Å². The van der Waals surface area contributed by atoms with E-state index in [9.17, 15) is 8.42 Å². The van der Waals surface area contributed by atoms with Crippen LogP contribution in [0, 0.1) is 5.92 Å². The standard InChI is InChI=1S/C8H18N2O2S/c1-7-3-5-10(8(7)2)13(11,12)6-4-9/h7-8H,3-6,9H2,1-2H3. The van der Waals surface area contributed by atoms with Crippen molar-refractivity contribution in [3.8, 4) is 0 Å². The van der Waals surface area contributed by atoms with E-state index in [0.29, 0.717) is 12.5 Å². The minimum Gasteiger partial charge on any atom is -0.329 e. The van der Waals surface area contributed by atoms with E-state index in [1.165, 1.54) is 0 Å². The average molecular weight is 206 g/mol. The second-order valence-corrected chi connectivity index (χ2v) is 5.76. The summed E-state index contributed by atoms with van der Waals surface area (Å²) in [6, 6.07) is 0.136. The van der Waals surface area contributed by atoms with Gasteiger partial charge in [0.1, 0.15) is 0 Å². The quantitative estimate of drug-likeness (QED) is 0.707. The van der Waals surface area contributed by atoms with Crippen molar-refractivity contribution in [1.29, 1.82) is 0 Å². The zero-order valence-corrected chi connectivity index (χ0v) is 9.05. The van der Waals surface area contributed by atoms with Crippen molar-refractivity contribution in [1.82, 2.24) is 4.31 Å². The van der Waals surface area contributed by atoms with Gasteiger partial charge in [-0.3, -0.25) is 0 Å². The van der Waals surface area contributed by atoms with E-state index in [0.717, 1.165) is 6.42 Å². The van der Waals surface area contributed by atoms with E-state index in [1.807, 2.05) is 6.92 Å². The molecule has 0 radical (unpaired) electrons. The molecule has 0 aliphatic carbocycles. The fraction of sp³-hybridized carbons (Fsp3) is 1.00. The summed E-state index contributed by atoms with van der Waals surface area (Å²) in [5, 5.41) is 0. The van der Waals surface area contributed by atoms with Crippen LogP contribution in [-0.2, 0) is 10.0 Å². The summed E-state index contributed by atoms with van der Waals surface area (Å²) < 4.78 is 24.9. The van der Waals surface area contributed by atoms with E-state index >= 15 is 0 Å². The molecule has 0 spiro atoms. The first-order valence-electron chi connectivity index (χ1n) is 4.68. The summed E-state index contributed by atoms with van der Waals surface area (Å²) in [4.78, 5) is 0. The summed E-state index contributed by atoms with van der Waals surface area (Å²) in [6.07, 6.45) is 0.963. The van der Waals surface area contributed by atoms with Crippen molar-refractivity contribution < 1.29 is 8.42 Å². The van der Waals surface area contributed by atoms with Crippen LogP contribution < -0.4 is 5.73 Å². The monoisotopic (exact) mass is 206 g/mol. The molecule has 1 heterocycles. The normalized spacial score (nSPS) is 31.0. The predicted molar refractivity (Wildman–Crippen MR) is 52.8 cm³/mol. The number of sulfonamides is 1. The molecule has 5 heteroatoms. The Morgan fingerprint density at radius 1 is 1.46 bits per heavy atom. The molecule has 13 heavy (non-hydrogen) atoms. The first-order chi connectivity index (χ1) is 5.99. The molecule has 2 N–H and O–H groups in total. The Morgan fingerprint density at radius 2 is 2.08 bits per heavy atom. The van der Waals surface area contributed by atoms with Crippen LogP contribution in [0.3, 0.4) is 0 Å². The Hall–Kier alpha value is -0.130. The van der Waals surface area contributed by atoms with E-state index in [4.69, 9.17) is 5.73 Å². The Labute approximate surface area is 80.1 Å². The Morgan fingerprint density at radius 3 is 2.46 bits per heavy atom. The lowest BCUT2D eigenvalue weighted by Crippen LogP contribution is -2.38. The lowest BCUT2D eigenvalue weighted by molar-refractivity contribution is 0.372. The number of nitrogens with zero attached hydrogens (tertiary/aromatic N) is 1. The fourth-order valence-electron chi connectivity index (χ4n) is 1.72. The fourth-order valence-corrected chi connectivity index (χ4v) is 3.35. The third-order valence-corrected chi connectivity index (χ3v) is 4.80. The molecule has 2 unspecified atom stereocenters. The highest BCUT2D eigenvalue weighted by molar-refractivity contribution is 7.89. The minimum atomic E-state index is -3.08. The van der Waals surface area contributed by atoms with Gasteiger partial charge in [0.2, 0.25) is 10.0 Å². The Balaban J connectivity index is 2.73. The molecule has 1 fully saturated rings. The Kier molecular flexibility index (Phi) is 3.32. The summed E-state index contributed by atoms with van der Waals surface area (Å²) in [5.41, 5.74) is 5.26. The van der Waals surface area contributed by atoms with E-state index in [-0.39, 0.29) is 18.3 Å². The van der Waals surface area contributed by atoms with Gasteiger partial charge in [0.25, 0.3) is 0 Å². The molecule has 2 atom stereocenters. The second kappa shape index (κ2) is 3.94. The summed E-state index contributed by atoms with van der Waals surface area (Å²) in [7, 11) is -3.08. The molecule has 0 saturated carbocycles. The first kappa shape index (κ1) is 10.9. The molecule has 0 aromatic rings. The molecule has 1 aliphatic heterocycles. The molecule has 0 aromatic carbocycles. The molecule has 4 nitrogen and oxygen atoms in total. The van der Waals surface area contributed by atoms with Crippen LogP contribution in [0.1, 0.15) is 20.3 Å². The van der Waals surface area contributed by atoms with Crippen molar-refractivity contribution in [3.05, 3.63) is 0 Å². The smallest absolute Gasteiger partial charge is 0.215 e. The second-order valence-electron chi connectivity index (χ2n) is 3.72. The van der Waals surface area contributed by atoms with Gasteiger partial charge in [-0.2, -0.15) is 4.31 Å². The van der Waals surface area contributed by atoms with Crippen molar-refractivity contribution in [2.45, 2.75) is 26.3 Å². The Bertz CT molecular complexity index is 263. The third kappa shape index (κ3) is 2.21. The maximum Gasteiger partial charge on any atom is 0.215 e. The number of hydrogen-bond donors (Lipinski definition) is 1. The highest BCUT2D eigenvalue weighted by atomic mass is 32.2. The van der Waals surface area contributed by atoms with Gasteiger partial charge in [0.05, 0.1) is 5.75 Å². The maximum absolute atomic E-state index is 11.6. The van der Waals surface area contributed by atoms with Gasteiger partial charge >= 0.3 is 0 Å².